The van der Waals surface area contributed by atoms with E-state index in [0.29, 0.717) is 17.7 Å². The first-order valence-electron chi connectivity index (χ1n) is 7.09. The Morgan fingerprint density at radius 2 is 1.94 bits per heavy atom. The molecule has 0 spiro atoms. The zero-order valence-corrected chi connectivity index (χ0v) is 10.6. The van der Waals surface area contributed by atoms with Crippen LogP contribution in [0.25, 0.3) is 0 Å². The molecule has 0 radical (unpaired) electrons. The van der Waals surface area contributed by atoms with Gasteiger partial charge in [-0.2, -0.15) is 0 Å². The predicted octanol–water partition coefficient (Wildman–Crippen LogP) is 3.01. The van der Waals surface area contributed by atoms with E-state index in [-0.39, 0.29) is 0 Å². The van der Waals surface area contributed by atoms with Gasteiger partial charge >= 0.3 is 0 Å². The summed E-state index contributed by atoms with van der Waals surface area (Å²) in [6.07, 6.45) is 9.66. The average Bonchev–Trinajstić information content (AvgIpc) is 2.54. The number of likely N-dealkylation sites (tertiary alicyclic amines) is 1. The van der Waals surface area contributed by atoms with E-state index >= 15 is 0 Å². The second-order valence-electron chi connectivity index (χ2n) is 5.36. The fourth-order valence-corrected chi connectivity index (χ4v) is 3.46. The highest BCUT2D eigenvalue weighted by molar-refractivity contribution is 5.82. The van der Waals surface area contributed by atoms with Crippen molar-refractivity contribution in [1.82, 2.24) is 4.90 Å². The highest BCUT2D eigenvalue weighted by Gasteiger charge is 2.33. The van der Waals surface area contributed by atoms with Gasteiger partial charge in [-0.1, -0.05) is 26.2 Å². The molecular weight excluding hydrogens is 198 g/mol. The van der Waals surface area contributed by atoms with Gasteiger partial charge in [0.05, 0.1) is 0 Å². The Labute approximate surface area is 99.4 Å². The summed E-state index contributed by atoms with van der Waals surface area (Å²) in [7, 11) is 0. The number of nitrogens with zero attached hydrogens (tertiary/aromatic N) is 1. The van der Waals surface area contributed by atoms with Crippen molar-refractivity contribution in [2.24, 2.45) is 5.92 Å². The molecule has 2 atom stereocenters. The first-order valence-corrected chi connectivity index (χ1v) is 7.09. The van der Waals surface area contributed by atoms with Gasteiger partial charge in [-0.3, -0.25) is 9.69 Å². The largest absolute Gasteiger partial charge is 0.300 e. The van der Waals surface area contributed by atoms with Crippen molar-refractivity contribution >= 4 is 5.78 Å². The van der Waals surface area contributed by atoms with Crippen LogP contribution in [0.3, 0.4) is 0 Å². The third-order valence-corrected chi connectivity index (χ3v) is 4.39. The maximum absolute atomic E-state index is 12.0. The molecule has 0 aromatic rings. The average molecular weight is 223 g/mol. The van der Waals surface area contributed by atoms with E-state index in [9.17, 15) is 4.79 Å². The van der Waals surface area contributed by atoms with Gasteiger partial charge in [-0.15, -0.1) is 0 Å². The number of rotatable bonds is 2. The molecule has 0 N–H and O–H groups in total. The minimum Gasteiger partial charge on any atom is -0.300 e. The molecule has 0 amide bonds. The summed E-state index contributed by atoms with van der Waals surface area (Å²) in [6.45, 7) is 4.57. The number of Topliss-reactive ketones (excluding diaryl/α,β-unsaturated/α-hetero) is 1. The minimum absolute atomic E-state index is 0.367. The molecule has 2 fully saturated rings. The lowest BCUT2D eigenvalue weighted by atomic mass is 9.80. The van der Waals surface area contributed by atoms with Crippen molar-refractivity contribution < 1.29 is 4.79 Å². The predicted molar refractivity (Wildman–Crippen MR) is 66.5 cm³/mol. The first-order chi connectivity index (χ1) is 7.83. The molecule has 0 aromatic carbocycles. The van der Waals surface area contributed by atoms with Gasteiger partial charge in [0.2, 0.25) is 0 Å². The van der Waals surface area contributed by atoms with Crippen LogP contribution < -0.4 is 0 Å². The highest BCUT2D eigenvalue weighted by Crippen LogP contribution is 2.30. The molecule has 0 bridgehead atoms. The summed E-state index contributed by atoms with van der Waals surface area (Å²) in [5.41, 5.74) is 0. The molecule has 92 valence electrons. The molecule has 1 saturated carbocycles. The van der Waals surface area contributed by atoms with Gasteiger partial charge in [0, 0.05) is 18.4 Å². The Balaban J connectivity index is 2.05. The number of carbonyl (C=O) groups excluding carboxylic acids is 1. The van der Waals surface area contributed by atoms with Crippen molar-refractivity contribution in [3.05, 3.63) is 0 Å². The lowest BCUT2D eigenvalue weighted by molar-refractivity contribution is -0.127. The smallest absolute Gasteiger partial charge is 0.137 e. The zero-order chi connectivity index (χ0) is 11.4. The fraction of sp³-hybridized carbons (Fsp3) is 0.929. The van der Waals surface area contributed by atoms with Crippen LogP contribution in [0.1, 0.15) is 58.3 Å². The van der Waals surface area contributed by atoms with Crippen LogP contribution in [0.15, 0.2) is 0 Å². The maximum Gasteiger partial charge on any atom is 0.137 e. The molecule has 2 aliphatic rings. The monoisotopic (exact) mass is 223 g/mol. The van der Waals surface area contributed by atoms with Crippen molar-refractivity contribution in [3.8, 4) is 0 Å². The molecule has 2 rings (SSSR count). The van der Waals surface area contributed by atoms with Crippen LogP contribution in [-0.2, 0) is 4.79 Å². The first kappa shape index (κ1) is 12.1. The molecular formula is C14H25NO. The quantitative estimate of drug-likeness (QED) is 0.717. The molecule has 2 nitrogen and oxygen atoms in total. The van der Waals surface area contributed by atoms with E-state index in [0.717, 1.165) is 25.8 Å². The molecule has 0 unspecified atom stereocenters. The van der Waals surface area contributed by atoms with Crippen molar-refractivity contribution in [3.63, 3.8) is 0 Å². The lowest BCUT2D eigenvalue weighted by Gasteiger charge is -2.36. The Kier molecular flexibility index (Phi) is 4.39. The van der Waals surface area contributed by atoms with Gasteiger partial charge in [0.15, 0.2) is 0 Å². The Morgan fingerprint density at radius 1 is 1.12 bits per heavy atom. The van der Waals surface area contributed by atoms with E-state index in [2.05, 4.69) is 11.8 Å². The van der Waals surface area contributed by atoms with E-state index in [1.54, 1.807) is 0 Å². The number of hydrogen-bond donors (Lipinski definition) is 0. The summed E-state index contributed by atoms with van der Waals surface area (Å²) in [5.74, 6) is 0.920. The summed E-state index contributed by atoms with van der Waals surface area (Å²) in [6, 6.07) is 0.570. The summed E-state index contributed by atoms with van der Waals surface area (Å²) in [4.78, 5) is 14.6. The summed E-state index contributed by atoms with van der Waals surface area (Å²) in [5, 5.41) is 0. The van der Waals surface area contributed by atoms with Crippen LogP contribution >= 0.6 is 0 Å². The molecule has 1 saturated heterocycles. The second kappa shape index (κ2) is 5.81. The third-order valence-electron chi connectivity index (χ3n) is 4.39. The van der Waals surface area contributed by atoms with E-state index < -0.39 is 0 Å². The SMILES string of the molecule is CCN1CCCCC[C@H]1[C@@H]1CCCCC1=O. The van der Waals surface area contributed by atoms with Gasteiger partial charge < -0.3 is 0 Å². The molecule has 1 aliphatic carbocycles. The molecule has 1 aliphatic heterocycles. The Morgan fingerprint density at radius 3 is 2.69 bits per heavy atom. The zero-order valence-electron chi connectivity index (χ0n) is 10.6. The minimum atomic E-state index is 0.367. The van der Waals surface area contributed by atoms with E-state index in [1.807, 2.05) is 0 Å². The molecule has 16 heavy (non-hydrogen) atoms. The number of hydrogen-bond acceptors (Lipinski definition) is 2. The standard InChI is InChI=1S/C14H25NO/c1-2-15-11-7-3-4-9-13(15)12-8-5-6-10-14(12)16/h12-13H,2-11H2,1H3/t12-,13-/m0/s1. The lowest BCUT2D eigenvalue weighted by Crippen LogP contribution is -2.44. The summed E-state index contributed by atoms with van der Waals surface area (Å²) >= 11 is 0. The molecule has 1 heterocycles. The van der Waals surface area contributed by atoms with Gasteiger partial charge in [0.1, 0.15) is 5.78 Å². The molecule has 0 aromatic heterocycles. The summed E-state index contributed by atoms with van der Waals surface area (Å²) < 4.78 is 0. The second-order valence-corrected chi connectivity index (χ2v) is 5.36. The van der Waals surface area contributed by atoms with Crippen molar-refractivity contribution in [1.29, 1.82) is 0 Å². The van der Waals surface area contributed by atoms with Gasteiger partial charge in [0.25, 0.3) is 0 Å². The van der Waals surface area contributed by atoms with Crippen LogP contribution in [-0.4, -0.2) is 29.8 Å². The van der Waals surface area contributed by atoms with Crippen LogP contribution in [0.4, 0.5) is 0 Å². The Hall–Kier alpha value is -0.370. The number of ketones is 1. The third kappa shape index (κ3) is 2.65. The fourth-order valence-electron chi connectivity index (χ4n) is 3.46. The van der Waals surface area contributed by atoms with Gasteiger partial charge in [-0.05, 0) is 38.8 Å². The van der Waals surface area contributed by atoms with Crippen molar-refractivity contribution in [2.75, 3.05) is 13.1 Å². The number of carbonyl (C=O) groups is 1. The highest BCUT2D eigenvalue weighted by atomic mass is 16.1. The maximum atomic E-state index is 12.0. The van der Waals surface area contributed by atoms with E-state index in [1.165, 1.54) is 38.6 Å². The van der Waals surface area contributed by atoms with Crippen molar-refractivity contribution in [2.45, 2.75) is 64.3 Å². The van der Waals surface area contributed by atoms with Crippen LogP contribution in [0.2, 0.25) is 0 Å². The molecule has 2 heteroatoms. The van der Waals surface area contributed by atoms with Crippen LogP contribution in [0.5, 0.6) is 0 Å². The normalized spacial score (nSPS) is 33.7. The van der Waals surface area contributed by atoms with E-state index in [4.69, 9.17) is 0 Å². The topological polar surface area (TPSA) is 20.3 Å². The van der Waals surface area contributed by atoms with Gasteiger partial charge in [-0.25, -0.2) is 0 Å². The van der Waals surface area contributed by atoms with Crippen LogP contribution in [0, 0.1) is 5.92 Å². The Bertz CT molecular complexity index is 239.